The molecular weight excluding hydrogens is 364 g/mol. The molecule has 0 spiro atoms. The van der Waals surface area contributed by atoms with Crippen LogP contribution >= 0.6 is 0 Å². The molecule has 3 amide bonds. The fraction of sp³-hybridized carbons (Fsp3) is 0.474. The Labute approximate surface area is 162 Å². The molecule has 0 radical (unpaired) electrons. The van der Waals surface area contributed by atoms with Crippen molar-refractivity contribution in [2.24, 2.45) is 0 Å². The zero-order chi connectivity index (χ0) is 20.3. The normalized spacial score (nSPS) is 21.9. The summed E-state index contributed by atoms with van der Waals surface area (Å²) < 4.78 is 0. The lowest BCUT2D eigenvalue weighted by Crippen LogP contribution is -2.54. The van der Waals surface area contributed by atoms with Crippen LogP contribution in [0.25, 0.3) is 0 Å². The molecule has 1 saturated carbocycles. The van der Waals surface area contributed by atoms with Crippen molar-refractivity contribution in [1.29, 1.82) is 0 Å². The molecule has 1 heterocycles. The van der Waals surface area contributed by atoms with Gasteiger partial charge in [-0.05, 0) is 43.7 Å². The molecule has 3 rings (SSSR count). The maximum absolute atomic E-state index is 12.4. The van der Waals surface area contributed by atoms with E-state index in [1.54, 1.807) is 24.3 Å². The Morgan fingerprint density at radius 1 is 1.21 bits per heavy atom. The highest BCUT2D eigenvalue weighted by atomic mass is 16.4. The molecule has 0 atom stereocenters. The first-order valence-electron chi connectivity index (χ1n) is 9.36. The van der Waals surface area contributed by atoms with Gasteiger partial charge in [-0.1, -0.05) is 6.92 Å². The minimum absolute atomic E-state index is 0.00898. The average molecular weight is 388 g/mol. The lowest BCUT2D eigenvalue weighted by molar-refractivity contribution is -0.139. The third kappa shape index (κ3) is 4.48. The molecule has 150 valence electrons. The van der Waals surface area contributed by atoms with E-state index >= 15 is 0 Å². The number of nitrogens with zero attached hydrogens (tertiary/aromatic N) is 2. The maximum atomic E-state index is 12.4. The Morgan fingerprint density at radius 3 is 2.50 bits per heavy atom. The van der Waals surface area contributed by atoms with Crippen molar-refractivity contribution in [3.05, 3.63) is 29.8 Å². The number of carbonyl (C=O) groups excluding carboxylic acids is 3. The van der Waals surface area contributed by atoms with Gasteiger partial charge in [-0.3, -0.25) is 29.5 Å². The van der Waals surface area contributed by atoms with Crippen molar-refractivity contribution in [3.63, 3.8) is 0 Å². The number of carboxylic acid groups (broad SMARTS) is 1. The fourth-order valence-corrected chi connectivity index (χ4v) is 3.49. The van der Waals surface area contributed by atoms with Crippen molar-refractivity contribution < 1.29 is 24.3 Å². The van der Waals surface area contributed by atoms with Gasteiger partial charge in [-0.25, -0.2) is 5.01 Å². The predicted octanol–water partition coefficient (Wildman–Crippen LogP) is 0.512. The van der Waals surface area contributed by atoms with Gasteiger partial charge >= 0.3 is 5.97 Å². The van der Waals surface area contributed by atoms with Gasteiger partial charge < -0.3 is 10.4 Å². The Bertz CT molecular complexity index is 773. The van der Waals surface area contributed by atoms with Crippen LogP contribution in [0.3, 0.4) is 0 Å². The first kappa shape index (κ1) is 19.8. The summed E-state index contributed by atoms with van der Waals surface area (Å²) in [7, 11) is 0. The van der Waals surface area contributed by atoms with E-state index in [1.807, 2.05) is 11.8 Å². The third-order valence-electron chi connectivity index (χ3n) is 5.15. The highest BCUT2D eigenvalue weighted by molar-refractivity contribution is 6.01. The summed E-state index contributed by atoms with van der Waals surface area (Å²) in [4.78, 5) is 48.6. The van der Waals surface area contributed by atoms with Gasteiger partial charge in [-0.2, -0.15) is 0 Å². The monoisotopic (exact) mass is 388 g/mol. The number of nitrogens with one attached hydrogen (secondary N) is 2. The first-order valence-corrected chi connectivity index (χ1v) is 9.36. The summed E-state index contributed by atoms with van der Waals surface area (Å²) in [6.07, 6.45) is 1.78. The molecule has 28 heavy (non-hydrogen) atoms. The van der Waals surface area contributed by atoms with Gasteiger partial charge in [0.25, 0.3) is 5.91 Å². The fourth-order valence-electron chi connectivity index (χ4n) is 3.49. The molecule has 2 fully saturated rings. The molecule has 2 aliphatic rings. The first-order chi connectivity index (χ1) is 13.4. The number of anilines is 1. The SMILES string of the molecule is CCN(CC(=O)O)C1CC(NC(=O)c2ccc(N3NC(=O)CCC3=O)cc2)C1. The van der Waals surface area contributed by atoms with E-state index in [0.29, 0.717) is 17.8 Å². The van der Waals surface area contributed by atoms with Gasteiger partial charge in [0.05, 0.1) is 12.2 Å². The molecule has 1 aliphatic carbocycles. The highest BCUT2D eigenvalue weighted by Gasteiger charge is 2.34. The van der Waals surface area contributed by atoms with Gasteiger partial charge in [-0.15, -0.1) is 0 Å². The zero-order valence-corrected chi connectivity index (χ0v) is 15.7. The van der Waals surface area contributed by atoms with Crippen LogP contribution in [0.1, 0.15) is 43.0 Å². The summed E-state index contributed by atoms with van der Waals surface area (Å²) in [5.41, 5.74) is 3.48. The van der Waals surface area contributed by atoms with Crippen LogP contribution in [-0.4, -0.2) is 58.9 Å². The number of likely N-dealkylation sites (N-methyl/N-ethyl adjacent to an activating group) is 1. The number of amides is 3. The van der Waals surface area contributed by atoms with Gasteiger partial charge in [0.15, 0.2) is 0 Å². The molecule has 9 nitrogen and oxygen atoms in total. The topological polar surface area (TPSA) is 119 Å². The summed E-state index contributed by atoms with van der Waals surface area (Å²) in [6.45, 7) is 2.59. The van der Waals surface area contributed by atoms with Crippen LogP contribution in [0.4, 0.5) is 5.69 Å². The molecule has 9 heteroatoms. The minimum Gasteiger partial charge on any atom is -0.480 e. The number of hydrazine groups is 1. The van der Waals surface area contributed by atoms with E-state index in [9.17, 15) is 19.2 Å². The van der Waals surface area contributed by atoms with Crippen molar-refractivity contribution in [1.82, 2.24) is 15.6 Å². The van der Waals surface area contributed by atoms with E-state index in [2.05, 4.69) is 10.7 Å². The van der Waals surface area contributed by atoms with Gasteiger partial charge in [0, 0.05) is 30.5 Å². The minimum atomic E-state index is -0.849. The lowest BCUT2D eigenvalue weighted by atomic mass is 9.85. The zero-order valence-electron chi connectivity index (χ0n) is 15.7. The number of rotatable bonds is 7. The van der Waals surface area contributed by atoms with Crippen LogP contribution in [0.15, 0.2) is 24.3 Å². The maximum Gasteiger partial charge on any atom is 0.317 e. The van der Waals surface area contributed by atoms with E-state index < -0.39 is 5.97 Å². The molecule has 1 aromatic rings. The van der Waals surface area contributed by atoms with E-state index in [0.717, 1.165) is 12.8 Å². The molecule has 1 aliphatic heterocycles. The van der Waals surface area contributed by atoms with E-state index in [-0.39, 0.29) is 49.2 Å². The van der Waals surface area contributed by atoms with E-state index in [1.165, 1.54) is 5.01 Å². The summed E-state index contributed by atoms with van der Waals surface area (Å²) in [5, 5.41) is 13.1. The summed E-state index contributed by atoms with van der Waals surface area (Å²) >= 11 is 0. The Hall–Kier alpha value is -2.94. The number of aliphatic carboxylic acids is 1. The van der Waals surface area contributed by atoms with Crippen molar-refractivity contribution in [2.75, 3.05) is 18.1 Å². The van der Waals surface area contributed by atoms with Crippen LogP contribution in [-0.2, 0) is 14.4 Å². The number of hydrogen-bond donors (Lipinski definition) is 3. The third-order valence-corrected chi connectivity index (χ3v) is 5.15. The number of benzene rings is 1. The van der Waals surface area contributed by atoms with E-state index in [4.69, 9.17) is 5.11 Å². The van der Waals surface area contributed by atoms with Crippen LogP contribution in [0, 0.1) is 0 Å². The van der Waals surface area contributed by atoms with Gasteiger partial charge in [0.1, 0.15) is 0 Å². The Morgan fingerprint density at radius 2 is 1.89 bits per heavy atom. The second-order valence-corrected chi connectivity index (χ2v) is 7.06. The Kier molecular flexibility index (Phi) is 5.93. The number of carbonyl (C=O) groups is 4. The predicted molar refractivity (Wildman–Crippen MR) is 100 cm³/mol. The number of carboxylic acids is 1. The second kappa shape index (κ2) is 8.39. The second-order valence-electron chi connectivity index (χ2n) is 7.06. The summed E-state index contributed by atoms with van der Waals surface area (Å²) in [6, 6.07) is 6.64. The number of hydrogen-bond acceptors (Lipinski definition) is 5. The van der Waals surface area contributed by atoms with Crippen molar-refractivity contribution in [2.45, 2.75) is 44.7 Å². The largest absolute Gasteiger partial charge is 0.480 e. The molecule has 0 aromatic heterocycles. The quantitative estimate of drug-likeness (QED) is 0.626. The molecule has 1 aromatic carbocycles. The average Bonchev–Trinajstić information content (AvgIpc) is 2.64. The lowest BCUT2D eigenvalue weighted by Gasteiger charge is -2.42. The van der Waals surface area contributed by atoms with Gasteiger partial charge in [0.2, 0.25) is 11.8 Å². The van der Waals surface area contributed by atoms with Crippen molar-refractivity contribution >= 4 is 29.4 Å². The standard InChI is InChI=1S/C19H24N4O5/c1-2-22(11-18(26)27)15-9-13(10-15)20-19(28)12-3-5-14(6-4-12)23-17(25)8-7-16(24)21-23/h3-6,13,15H,2,7-11H2,1H3,(H,20,28)(H,21,24)(H,26,27). The van der Waals surface area contributed by atoms with Crippen LogP contribution in [0.2, 0.25) is 0 Å². The highest BCUT2D eigenvalue weighted by Crippen LogP contribution is 2.26. The molecule has 3 N–H and O–H groups in total. The van der Waals surface area contributed by atoms with Crippen LogP contribution < -0.4 is 15.8 Å². The van der Waals surface area contributed by atoms with Crippen LogP contribution in [0.5, 0.6) is 0 Å². The molecule has 0 bridgehead atoms. The molecular formula is C19H24N4O5. The summed E-state index contributed by atoms with van der Waals surface area (Å²) in [5.74, 6) is -1.48. The molecule has 1 saturated heterocycles. The smallest absolute Gasteiger partial charge is 0.317 e. The van der Waals surface area contributed by atoms with Crippen molar-refractivity contribution in [3.8, 4) is 0 Å². The molecule has 0 unspecified atom stereocenters. The Balaban J connectivity index is 1.52.